The van der Waals surface area contributed by atoms with Crippen LogP contribution in [0.5, 0.6) is 0 Å². The Morgan fingerprint density at radius 1 is 0.654 bits per heavy atom. The fraction of sp³-hybridized carbons (Fsp3) is 1.00. The van der Waals surface area contributed by atoms with Crippen LogP contribution in [0.2, 0.25) is 0 Å². The molecule has 26 heavy (non-hydrogen) atoms. The fourth-order valence-electron chi connectivity index (χ4n) is 2.61. The van der Waals surface area contributed by atoms with Crippen molar-refractivity contribution in [3.8, 4) is 0 Å². The first-order valence-electron chi connectivity index (χ1n) is 10.7. The number of unbranched alkanes of at least 4 members (excludes halogenated alkanes) is 11. The maximum Gasteiger partial charge on any atom is 0.111 e. The summed E-state index contributed by atoms with van der Waals surface area (Å²) in [5.41, 5.74) is 5.39. The van der Waals surface area contributed by atoms with Gasteiger partial charge in [0, 0.05) is 6.61 Å². The Morgan fingerprint density at radius 3 is 1.77 bits per heavy atom. The van der Waals surface area contributed by atoms with E-state index in [-0.39, 0.29) is 12.7 Å². The molecule has 0 saturated heterocycles. The van der Waals surface area contributed by atoms with Gasteiger partial charge in [-0.1, -0.05) is 77.6 Å². The highest BCUT2D eigenvalue weighted by Gasteiger charge is 2.03. The van der Waals surface area contributed by atoms with Gasteiger partial charge in [-0.25, -0.2) is 9.78 Å². The molecule has 158 valence electrons. The van der Waals surface area contributed by atoms with Crippen LogP contribution in [-0.2, 0) is 24.6 Å². The number of rotatable bonds is 22. The van der Waals surface area contributed by atoms with Crippen molar-refractivity contribution in [3.63, 3.8) is 0 Å². The molecule has 0 aromatic rings. The molecular weight excluding hydrogens is 334 g/mol. The summed E-state index contributed by atoms with van der Waals surface area (Å²) >= 11 is 0. The lowest BCUT2D eigenvalue weighted by atomic mass is 10.1. The van der Waals surface area contributed by atoms with Crippen LogP contribution in [0.1, 0.15) is 97.3 Å². The van der Waals surface area contributed by atoms with Crippen molar-refractivity contribution < 1.29 is 24.6 Å². The smallest absolute Gasteiger partial charge is 0.111 e. The second kappa shape index (κ2) is 22.8. The lowest BCUT2D eigenvalue weighted by molar-refractivity contribution is -0.635. The minimum atomic E-state index is -0.0681. The molecule has 1 atom stereocenters. The van der Waals surface area contributed by atoms with Gasteiger partial charge >= 0.3 is 0 Å². The van der Waals surface area contributed by atoms with Crippen LogP contribution >= 0.6 is 0 Å². The van der Waals surface area contributed by atoms with Gasteiger partial charge in [0.1, 0.15) is 6.61 Å². The molecule has 0 radical (unpaired) electrons. The predicted octanol–water partition coefficient (Wildman–Crippen LogP) is 5.25. The summed E-state index contributed by atoms with van der Waals surface area (Å²) in [7, 11) is 0. The molecule has 0 spiro atoms. The van der Waals surface area contributed by atoms with Crippen molar-refractivity contribution in [2.75, 3.05) is 26.4 Å². The highest BCUT2D eigenvalue weighted by atomic mass is 17.7. The van der Waals surface area contributed by atoms with Crippen LogP contribution < -0.4 is 5.73 Å². The van der Waals surface area contributed by atoms with E-state index in [1.807, 2.05) is 6.92 Å². The molecule has 6 nitrogen and oxygen atoms in total. The topological polar surface area (TPSA) is 72.2 Å². The third kappa shape index (κ3) is 21.8. The highest BCUT2D eigenvalue weighted by molar-refractivity contribution is 4.48. The summed E-state index contributed by atoms with van der Waals surface area (Å²) in [6.07, 6.45) is 16.6. The van der Waals surface area contributed by atoms with E-state index in [1.54, 1.807) is 0 Å². The van der Waals surface area contributed by atoms with Crippen molar-refractivity contribution >= 4 is 0 Å². The number of hydrogen-bond acceptors (Lipinski definition) is 6. The molecule has 0 fully saturated rings. The third-order valence-electron chi connectivity index (χ3n) is 4.26. The quantitative estimate of drug-likeness (QED) is 0.158. The second-order valence-corrected chi connectivity index (χ2v) is 6.96. The van der Waals surface area contributed by atoms with E-state index >= 15 is 0 Å². The minimum absolute atomic E-state index is 0.0681. The predicted molar refractivity (Wildman–Crippen MR) is 104 cm³/mol. The fourth-order valence-corrected chi connectivity index (χ4v) is 2.61. The van der Waals surface area contributed by atoms with Crippen LogP contribution in [0.3, 0.4) is 0 Å². The van der Waals surface area contributed by atoms with Crippen molar-refractivity contribution in [2.45, 2.75) is 103 Å². The maximum atomic E-state index is 5.43. The van der Waals surface area contributed by atoms with Gasteiger partial charge in [0.2, 0.25) is 0 Å². The summed E-state index contributed by atoms with van der Waals surface area (Å²) in [6.45, 7) is 6.21. The van der Waals surface area contributed by atoms with Gasteiger partial charge in [-0.05, 0) is 36.4 Å². The zero-order valence-electron chi connectivity index (χ0n) is 17.2. The van der Waals surface area contributed by atoms with Crippen LogP contribution in [-0.4, -0.2) is 32.5 Å². The Balaban J connectivity index is 3.05. The standard InChI is InChI=1S/C20H43NO5/c1-3-4-5-6-7-8-9-10-11-12-13-14-18-23-25-26-24-19-20(2)22-17-15-16-21/h20H,3-19,21H2,1-2H3. The van der Waals surface area contributed by atoms with Crippen molar-refractivity contribution in [3.05, 3.63) is 0 Å². The Hall–Kier alpha value is -0.240. The van der Waals surface area contributed by atoms with Gasteiger partial charge in [-0.3, -0.25) is 0 Å². The maximum absolute atomic E-state index is 5.43. The summed E-state index contributed by atoms with van der Waals surface area (Å²) in [5.74, 6) is 0. The molecule has 6 heteroatoms. The Kier molecular flexibility index (Phi) is 22.6. The Morgan fingerprint density at radius 2 is 1.19 bits per heavy atom. The van der Waals surface area contributed by atoms with E-state index in [0.29, 0.717) is 19.8 Å². The molecule has 0 aliphatic carbocycles. The summed E-state index contributed by atoms with van der Waals surface area (Å²) in [5, 5.41) is 9.00. The van der Waals surface area contributed by atoms with Gasteiger partial charge in [-0.2, -0.15) is 0 Å². The number of nitrogens with two attached hydrogens (primary N) is 1. The van der Waals surface area contributed by atoms with Crippen LogP contribution in [0.15, 0.2) is 0 Å². The summed E-state index contributed by atoms with van der Waals surface area (Å²) in [4.78, 5) is 9.74. The van der Waals surface area contributed by atoms with Crippen LogP contribution in [0.25, 0.3) is 0 Å². The third-order valence-corrected chi connectivity index (χ3v) is 4.26. The minimum Gasteiger partial charge on any atom is -0.376 e. The van der Waals surface area contributed by atoms with Crippen LogP contribution in [0, 0.1) is 0 Å². The van der Waals surface area contributed by atoms with E-state index in [0.717, 1.165) is 19.3 Å². The molecule has 0 aromatic heterocycles. The zero-order valence-corrected chi connectivity index (χ0v) is 17.2. The van der Waals surface area contributed by atoms with Crippen LogP contribution in [0.4, 0.5) is 0 Å². The lowest BCUT2D eigenvalue weighted by Gasteiger charge is -2.11. The first-order valence-corrected chi connectivity index (χ1v) is 10.7. The van der Waals surface area contributed by atoms with Crippen molar-refractivity contribution in [2.24, 2.45) is 5.73 Å². The van der Waals surface area contributed by atoms with Gasteiger partial charge in [0.15, 0.2) is 0 Å². The van der Waals surface area contributed by atoms with E-state index < -0.39 is 0 Å². The molecule has 0 rings (SSSR count). The van der Waals surface area contributed by atoms with Crippen molar-refractivity contribution in [1.82, 2.24) is 0 Å². The zero-order chi connectivity index (χ0) is 19.1. The van der Waals surface area contributed by atoms with Crippen molar-refractivity contribution in [1.29, 1.82) is 0 Å². The van der Waals surface area contributed by atoms with E-state index in [4.69, 9.17) is 20.2 Å². The molecule has 2 N–H and O–H groups in total. The second-order valence-electron chi connectivity index (χ2n) is 6.96. The SMILES string of the molecule is CCCCCCCCCCCCCCOOOOCC(C)OCCCN. The molecule has 0 amide bonds. The molecule has 0 aliphatic heterocycles. The van der Waals surface area contributed by atoms with E-state index in [9.17, 15) is 0 Å². The summed E-state index contributed by atoms with van der Waals surface area (Å²) in [6, 6.07) is 0. The van der Waals surface area contributed by atoms with Gasteiger partial charge in [0.05, 0.1) is 12.7 Å². The van der Waals surface area contributed by atoms with Gasteiger partial charge < -0.3 is 10.5 Å². The lowest BCUT2D eigenvalue weighted by Crippen LogP contribution is -2.18. The number of hydrogen-bond donors (Lipinski definition) is 1. The Bertz CT molecular complexity index is 256. The normalized spacial score (nSPS) is 12.6. The van der Waals surface area contributed by atoms with Gasteiger partial charge in [0.25, 0.3) is 0 Å². The molecule has 0 bridgehead atoms. The summed E-state index contributed by atoms with van der Waals surface area (Å²) < 4.78 is 5.43. The molecule has 1 unspecified atom stereocenters. The monoisotopic (exact) mass is 377 g/mol. The van der Waals surface area contributed by atoms with E-state index in [1.165, 1.54) is 64.2 Å². The average molecular weight is 378 g/mol. The van der Waals surface area contributed by atoms with Gasteiger partial charge in [-0.15, -0.1) is 0 Å². The first kappa shape index (κ1) is 25.8. The van der Waals surface area contributed by atoms with E-state index in [2.05, 4.69) is 17.0 Å². The number of ether oxygens (including phenoxy) is 1. The molecule has 0 saturated carbocycles. The highest BCUT2D eigenvalue weighted by Crippen LogP contribution is 2.11. The molecular formula is C20H43NO5. The molecule has 0 heterocycles. The first-order chi connectivity index (χ1) is 12.8. The largest absolute Gasteiger partial charge is 0.376 e. The molecule has 0 aliphatic rings. The average Bonchev–Trinajstić information content (AvgIpc) is 2.64. The Labute approximate surface area is 160 Å². The molecule has 0 aromatic carbocycles.